The number of ether oxygens (including phenoxy) is 1. The number of halogens is 1. The first kappa shape index (κ1) is 20.2. The van der Waals surface area contributed by atoms with Crippen LogP contribution in [-0.2, 0) is 0 Å². The Morgan fingerprint density at radius 2 is 1.87 bits per heavy atom. The highest BCUT2D eigenvalue weighted by molar-refractivity contribution is 14.0. The zero-order valence-corrected chi connectivity index (χ0v) is 17.3. The monoisotopic (exact) mass is 450 g/mol. The van der Waals surface area contributed by atoms with Gasteiger partial charge in [0.25, 0.3) is 0 Å². The number of hydrogen-bond donors (Lipinski definition) is 1. The van der Waals surface area contributed by atoms with E-state index in [-0.39, 0.29) is 24.0 Å². The van der Waals surface area contributed by atoms with Gasteiger partial charge in [-0.1, -0.05) is 0 Å². The van der Waals surface area contributed by atoms with E-state index in [0.717, 1.165) is 50.2 Å². The summed E-state index contributed by atoms with van der Waals surface area (Å²) in [5.74, 6) is 3.02. The van der Waals surface area contributed by atoms with Gasteiger partial charge < -0.3 is 19.9 Å². The molecule has 1 fully saturated rings. The van der Waals surface area contributed by atoms with Crippen LogP contribution in [0, 0.1) is 0 Å². The number of hydrogen-bond acceptors (Lipinski definition) is 4. The van der Waals surface area contributed by atoms with Crippen molar-refractivity contribution in [1.82, 2.24) is 10.2 Å². The summed E-state index contributed by atoms with van der Waals surface area (Å²) in [6, 6.07) is 8.29. The number of nitrogens with zero attached hydrogens (tertiary/aromatic N) is 3. The van der Waals surface area contributed by atoms with Crippen LogP contribution in [0.25, 0.3) is 0 Å². The molecule has 0 bridgehead atoms. The third-order valence-corrected chi connectivity index (χ3v) is 4.43. The van der Waals surface area contributed by atoms with Gasteiger partial charge in [-0.3, -0.25) is 4.99 Å². The summed E-state index contributed by atoms with van der Waals surface area (Å²) in [5.41, 5.74) is 1.26. The molecular weight excluding hydrogens is 423 g/mol. The van der Waals surface area contributed by atoms with Crippen molar-refractivity contribution in [2.24, 2.45) is 4.99 Å². The maximum absolute atomic E-state index is 5.21. The smallest absolute Gasteiger partial charge is 0.193 e. The highest BCUT2D eigenvalue weighted by atomic mass is 127. The summed E-state index contributed by atoms with van der Waals surface area (Å²) in [5, 5.41) is 3.43. The van der Waals surface area contributed by atoms with Gasteiger partial charge in [0.15, 0.2) is 5.96 Å². The van der Waals surface area contributed by atoms with Crippen LogP contribution in [0.4, 0.5) is 5.69 Å². The fourth-order valence-corrected chi connectivity index (χ4v) is 2.87. The Morgan fingerprint density at radius 1 is 1.22 bits per heavy atom. The molecule has 7 heteroatoms. The number of anilines is 1. The zero-order valence-electron chi connectivity index (χ0n) is 14.1. The number of methoxy groups -OCH3 is 1. The molecule has 1 N–H and O–H groups in total. The molecule has 1 aromatic carbocycles. The summed E-state index contributed by atoms with van der Waals surface area (Å²) in [7, 11) is 3.56. The van der Waals surface area contributed by atoms with Gasteiger partial charge in [-0.2, -0.15) is 11.8 Å². The van der Waals surface area contributed by atoms with Crippen molar-refractivity contribution in [3.05, 3.63) is 24.3 Å². The summed E-state index contributed by atoms with van der Waals surface area (Å²) in [6.07, 6.45) is 2.12. The average molecular weight is 450 g/mol. The van der Waals surface area contributed by atoms with Crippen molar-refractivity contribution >= 4 is 47.4 Å². The second kappa shape index (κ2) is 10.9. The fourth-order valence-electron chi connectivity index (χ4n) is 2.57. The number of rotatable bonds is 5. The van der Waals surface area contributed by atoms with Crippen molar-refractivity contribution in [2.75, 3.05) is 63.8 Å². The van der Waals surface area contributed by atoms with Crippen molar-refractivity contribution in [1.29, 1.82) is 0 Å². The van der Waals surface area contributed by atoms with Crippen LogP contribution in [0.2, 0.25) is 0 Å². The minimum Gasteiger partial charge on any atom is -0.497 e. The molecule has 0 atom stereocenters. The minimum absolute atomic E-state index is 0. The van der Waals surface area contributed by atoms with Crippen LogP contribution in [0.3, 0.4) is 0 Å². The van der Waals surface area contributed by atoms with Gasteiger partial charge in [-0.05, 0) is 30.5 Å². The Bertz CT molecular complexity index is 475. The normalized spacial score (nSPS) is 15.2. The second-order valence-electron chi connectivity index (χ2n) is 5.14. The van der Waals surface area contributed by atoms with E-state index in [0.29, 0.717) is 0 Å². The van der Waals surface area contributed by atoms with Gasteiger partial charge in [0.05, 0.1) is 7.11 Å². The van der Waals surface area contributed by atoms with Gasteiger partial charge in [-0.15, -0.1) is 24.0 Å². The van der Waals surface area contributed by atoms with Gasteiger partial charge >= 0.3 is 0 Å². The zero-order chi connectivity index (χ0) is 15.8. The van der Waals surface area contributed by atoms with Gasteiger partial charge in [0.1, 0.15) is 5.75 Å². The standard InChI is InChI=1S/C16H26N4OS.HI/c1-17-16(18-8-13-22-3)20-11-9-19(10-12-20)14-4-6-15(21-2)7-5-14;/h4-7H,8-13H2,1-3H3,(H,17,18);1H. The van der Waals surface area contributed by atoms with Crippen molar-refractivity contribution < 1.29 is 4.74 Å². The van der Waals surface area contributed by atoms with E-state index < -0.39 is 0 Å². The van der Waals surface area contributed by atoms with E-state index in [2.05, 4.69) is 38.5 Å². The Morgan fingerprint density at radius 3 is 2.39 bits per heavy atom. The first-order chi connectivity index (χ1) is 10.8. The van der Waals surface area contributed by atoms with Crippen LogP contribution in [0.5, 0.6) is 5.75 Å². The summed E-state index contributed by atoms with van der Waals surface area (Å²) >= 11 is 1.85. The highest BCUT2D eigenvalue weighted by Gasteiger charge is 2.19. The van der Waals surface area contributed by atoms with Gasteiger partial charge in [0.2, 0.25) is 0 Å². The molecule has 0 amide bonds. The molecule has 0 aliphatic carbocycles. The van der Waals surface area contributed by atoms with E-state index >= 15 is 0 Å². The van der Waals surface area contributed by atoms with E-state index in [1.807, 2.05) is 30.9 Å². The molecule has 2 rings (SSSR count). The molecule has 0 spiro atoms. The topological polar surface area (TPSA) is 40.1 Å². The third-order valence-electron chi connectivity index (χ3n) is 3.82. The van der Waals surface area contributed by atoms with Gasteiger partial charge in [-0.25, -0.2) is 0 Å². The fraction of sp³-hybridized carbons (Fsp3) is 0.562. The molecule has 1 aromatic rings. The number of aliphatic imine (C=N–C) groups is 1. The SMILES string of the molecule is CN=C(NCCSC)N1CCN(c2ccc(OC)cc2)CC1.I. The number of nitrogens with one attached hydrogen (secondary N) is 1. The molecule has 0 aromatic heterocycles. The first-order valence-corrected chi connectivity index (χ1v) is 9.01. The summed E-state index contributed by atoms with van der Waals surface area (Å²) in [6.45, 7) is 4.97. The Kier molecular flexibility index (Phi) is 9.54. The lowest BCUT2D eigenvalue weighted by atomic mass is 10.2. The number of thioether (sulfide) groups is 1. The third kappa shape index (κ3) is 5.95. The average Bonchev–Trinajstić information content (AvgIpc) is 2.59. The molecule has 0 unspecified atom stereocenters. The molecule has 130 valence electrons. The lowest BCUT2D eigenvalue weighted by molar-refractivity contribution is 0.373. The quantitative estimate of drug-likeness (QED) is 0.323. The summed E-state index contributed by atoms with van der Waals surface area (Å²) < 4.78 is 5.21. The number of piperazine rings is 1. The minimum atomic E-state index is 0. The van der Waals surface area contributed by atoms with Crippen LogP contribution in [0.1, 0.15) is 0 Å². The lowest BCUT2D eigenvalue weighted by Crippen LogP contribution is -2.52. The molecule has 1 heterocycles. The van der Waals surface area contributed by atoms with E-state index in [9.17, 15) is 0 Å². The molecule has 0 radical (unpaired) electrons. The first-order valence-electron chi connectivity index (χ1n) is 7.62. The molecule has 1 aliphatic rings. The maximum Gasteiger partial charge on any atom is 0.193 e. The van der Waals surface area contributed by atoms with E-state index in [1.165, 1.54) is 5.69 Å². The molecular formula is C16H27IN4OS. The Labute approximate surface area is 160 Å². The van der Waals surface area contributed by atoms with Crippen molar-refractivity contribution in [3.63, 3.8) is 0 Å². The molecule has 23 heavy (non-hydrogen) atoms. The van der Waals surface area contributed by atoms with Crippen molar-refractivity contribution in [3.8, 4) is 5.75 Å². The highest BCUT2D eigenvalue weighted by Crippen LogP contribution is 2.20. The second-order valence-corrected chi connectivity index (χ2v) is 6.12. The molecule has 1 saturated heterocycles. The van der Waals surface area contributed by atoms with Crippen LogP contribution in [0.15, 0.2) is 29.3 Å². The van der Waals surface area contributed by atoms with Crippen LogP contribution < -0.4 is 15.0 Å². The molecule has 0 saturated carbocycles. The van der Waals surface area contributed by atoms with Crippen LogP contribution >= 0.6 is 35.7 Å². The van der Waals surface area contributed by atoms with E-state index in [4.69, 9.17) is 4.74 Å². The predicted octanol–water partition coefficient (Wildman–Crippen LogP) is 2.37. The van der Waals surface area contributed by atoms with Crippen molar-refractivity contribution in [2.45, 2.75) is 0 Å². The Balaban J connectivity index is 0.00000264. The van der Waals surface area contributed by atoms with Gasteiger partial charge in [0, 0.05) is 51.2 Å². The molecule has 1 aliphatic heterocycles. The predicted molar refractivity (Wildman–Crippen MR) is 112 cm³/mol. The van der Waals surface area contributed by atoms with E-state index in [1.54, 1.807) is 7.11 Å². The van der Waals surface area contributed by atoms with Crippen LogP contribution in [-0.4, -0.2) is 69.7 Å². The maximum atomic E-state index is 5.21. The molecule has 5 nitrogen and oxygen atoms in total. The number of benzene rings is 1. The lowest BCUT2D eigenvalue weighted by Gasteiger charge is -2.37. The Hall–Kier alpha value is -0.830. The largest absolute Gasteiger partial charge is 0.497 e. The number of guanidine groups is 1. The summed E-state index contributed by atoms with van der Waals surface area (Å²) in [4.78, 5) is 9.13.